The molecule has 1 saturated heterocycles. The second kappa shape index (κ2) is 5.66. The number of hydrogen-bond donors (Lipinski definition) is 0. The van der Waals surface area contributed by atoms with Crippen molar-refractivity contribution in [1.29, 1.82) is 0 Å². The van der Waals surface area contributed by atoms with Crippen molar-refractivity contribution in [3.8, 4) is 0 Å². The quantitative estimate of drug-likeness (QED) is 0.762. The van der Waals surface area contributed by atoms with Crippen LogP contribution in [0.3, 0.4) is 0 Å². The summed E-state index contributed by atoms with van der Waals surface area (Å²) >= 11 is 0. The maximum absolute atomic E-state index is 12.4. The van der Waals surface area contributed by atoms with Crippen LogP contribution >= 0.6 is 0 Å². The minimum Gasteiger partial charge on any atom is -0.293 e. The van der Waals surface area contributed by atoms with E-state index in [0.717, 1.165) is 18.7 Å². The monoisotopic (exact) mass is 245 g/mol. The minimum absolute atomic E-state index is 0.00968. The Morgan fingerprint density at radius 2 is 2.00 bits per heavy atom. The average Bonchev–Trinajstić information content (AvgIpc) is 2.38. The van der Waals surface area contributed by atoms with Crippen molar-refractivity contribution in [2.75, 3.05) is 13.1 Å². The number of Topliss-reactive ketones (excluding diaryl/α,β-unsaturated/α-hetero) is 1. The smallest absolute Gasteiger partial charge is 0.179 e. The molecule has 98 valence electrons. The van der Waals surface area contributed by atoms with Crippen molar-refractivity contribution in [1.82, 2.24) is 4.90 Å². The average molecular weight is 245 g/mol. The highest BCUT2D eigenvalue weighted by Crippen LogP contribution is 2.19. The molecule has 1 aliphatic heterocycles. The number of carbonyl (C=O) groups is 1. The van der Waals surface area contributed by atoms with E-state index in [0.29, 0.717) is 5.92 Å². The fourth-order valence-corrected chi connectivity index (χ4v) is 2.70. The van der Waals surface area contributed by atoms with Crippen LogP contribution in [0, 0.1) is 12.8 Å². The molecule has 1 aromatic rings. The first-order chi connectivity index (χ1) is 8.58. The van der Waals surface area contributed by atoms with E-state index in [1.54, 1.807) is 0 Å². The Labute approximate surface area is 110 Å². The van der Waals surface area contributed by atoms with Gasteiger partial charge in [0.25, 0.3) is 0 Å². The lowest BCUT2D eigenvalue weighted by molar-refractivity contribution is 0.0765. The van der Waals surface area contributed by atoms with Crippen molar-refractivity contribution in [2.45, 2.75) is 39.7 Å². The summed E-state index contributed by atoms with van der Waals surface area (Å²) in [6, 6.07) is 7.93. The van der Waals surface area contributed by atoms with E-state index in [1.165, 1.54) is 18.4 Å². The number of rotatable bonds is 3. The lowest BCUT2D eigenvalue weighted by Crippen LogP contribution is -2.44. The molecule has 0 saturated carbocycles. The molecule has 1 fully saturated rings. The predicted molar refractivity (Wildman–Crippen MR) is 74.9 cm³/mol. The first-order valence-corrected chi connectivity index (χ1v) is 6.93. The van der Waals surface area contributed by atoms with Crippen LogP contribution in [0.15, 0.2) is 24.3 Å². The summed E-state index contributed by atoms with van der Waals surface area (Å²) in [5.74, 6) is 0.969. The maximum Gasteiger partial charge on any atom is 0.179 e. The fraction of sp³-hybridized carbons (Fsp3) is 0.562. The number of likely N-dealkylation sites (tertiary alicyclic amines) is 1. The summed E-state index contributed by atoms with van der Waals surface area (Å²) in [4.78, 5) is 14.7. The molecule has 0 aliphatic carbocycles. The van der Waals surface area contributed by atoms with Crippen molar-refractivity contribution >= 4 is 5.78 Å². The van der Waals surface area contributed by atoms with Gasteiger partial charge < -0.3 is 0 Å². The molecule has 1 aliphatic rings. The highest BCUT2D eigenvalue weighted by Gasteiger charge is 2.26. The van der Waals surface area contributed by atoms with Crippen molar-refractivity contribution in [3.63, 3.8) is 0 Å². The third-order valence-electron chi connectivity index (χ3n) is 3.95. The molecule has 0 radical (unpaired) electrons. The molecule has 2 unspecified atom stereocenters. The van der Waals surface area contributed by atoms with E-state index in [-0.39, 0.29) is 11.8 Å². The van der Waals surface area contributed by atoms with E-state index >= 15 is 0 Å². The molecule has 1 aromatic carbocycles. The molecule has 2 heteroatoms. The Morgan fingerprint density at radius 1 is 1.33 bits per heavy atom. The van der Waals surface area contributed by atoms with Gasteiger partial charge in [-0.2, -0.15) is 0 Å². The van der Waals surface area contributed by atoms with E-state index in [9.17, 15) is 4.79 Å². The summed E-state index contributed by atoms with van der Waals surface area (Å²) in [5.41, 5.74) is 2.04. The van der Waals surface area contributed by atoms with Crippen LogP contribution in [0.2, 0.25) is 0 Å². The van der Waals surface area contributed by atoms with Gasteiger partial charge >= 0.3 is 0 Å². The minimum atomic E-state index is 0.00968. The third-order valence-corrected chi connectivity index (χ3v) is 3.95. The first kappa shape index (κ1) is 13.3. The van der Waals surface area contributed by atoms with Crippen LogP contribution in [0.4, 0.5) is 0 Å². The van der Waals surface area contributed by atoms with E-state index in [4.69, 9.17) is 0 Å². The van der Waals surface area contributed by atoms with Crippen LogP contribution < -0.4 is 0 Å². The standard InChI is InChI=1S/C16H23NO/c1-12-6-8-15(9-7-12)16(18)14(3)17-10-4-5-13(2)11-17/h6-9,13-14H,4-5,10-11H2,1-3H3. The molecule has 2 nitrogen and oxygen atoms in total. The molecule has 0 aromatic heterocycles. The van der Waals surface area contributed by atoms with Gasteiger partial charge in [0.1, 0.15) is 0 Å². The van der Waals surface area contributed by atoms with Gasteiger partial charge in [0, 0.05) is 12.1 Å². The fourth-order valence-electron chi connectivity index (χ4n) is 2.70. The largest absolute Gasteiger partial charge is 0.293 e. The van der Waals surface area contributed by atoms with E-state index in [1.807, 2.05) is 38.1 Å². The highest BCUT2D eigenvalue weighted by molar-refractivity contribution is 5.99. The maximum atomic E-state index is 12.4. The Balaban J connectivity index is 2.06. The second-order valence-corrected chi connectivity index (χ2v) is 5.65. The normalized spacial score (nSPS) is 22.7. The molecular formula is C16H23NO. The van der Waals surface area contributed by atoms with Gasteiger partial charge in [0.05, 0.1) is 6.04 Å². The number of nitrogens with zero attached hydrogens (tertiary/aromatic N) is 1. The summed E-state index contributed by atoms with van der Waals surface area (Å²) in [7, 11) is 0. The summed E-state index contributed by atoms with van der Waals surface area (Å²) in [6.45, 7) is 8.47. The zero-order chi connectivity index (χ0) is 13.1. The zero-order valence-electron chi connectivity index (χ0n) is 11.6. The first-order valence-electron chi connectivity index (χ1n) is 6.93. The number of piperidine rings is 1. The van der Waals surface area contributed by atoms with E-state index < -0.39 is 0 Å². The van der Waals surface area contributed by atoms with Crippen molar-refractivity contribution in [3.05, 3.63) is 35.4 Å². The molecule has 0 N–H and O–H groups in total. The molecule has 2 rings (SSSR count). The summed E-state index contributed by atoms with van der Waals surface area (Å²) in [5, 5.41) is 0. The lowest BCUT2D eigenvalue weighted by atomic mass is 9.96. The Bertz CT molecular complexity index is 410. The van der Waals surface area contributed by atoms with Gasteiger partial charge in [-0.1, -0.05) is 36.8 Å². The van der Waals surface area contributed by atoms with Crippen LogP contribution in [0.25, 0.3) is 0 Å². The van der Waals surface area contributed by atoms with Gasteiger partial charge in [-0.15, -0.1) is 0 Å². The van der Waals surface area contributed by atoms with Crippen molar-refractivity contribution < 1.29 is 4.79 Å². The Hall–Kier alpha value is -1.15. The molecule has 0 bridgehead atoms. The third kappa shape index (κ3) is 2.99. The second-order valence-electron chi connectivity index (χ2n) is 5.65. The van der Waals surface area contributed by atoms with Gasteiger partial charge in [0.15, 0.2) is 5.78 Å². The molecule has 18 heavy (non-hydrogen) atoms. The molecule has 0 amide bonds. The number of carbonyl (C=O) groups excluding carboxylic acids is 1. The molecular weight excluding hydrogens is 222 g/mol. The number of hydrogen-bond acceptors (Lipinski definition) is 2. The zero-order valence-corrected chi connectivity index (χ0v) is 11.6. The van der Waals surface area contributed by atoms with Crippen LogP contribution in [0.1, 0.15) is 42.6 Å². The van der Waals surface area contributed by atoms with Gasteiger partial charge in [0.2, 0.25) is 0 Å². The lowest BCUT2D eigenvalue weighted by Gasteiger charge is -2.34. The highest BCUT2D eigenvalue weighted by atomic mass is 16.1. The molecule has 1 heterocycles. The van der Waals surface area contributed by atoms with Crippen LogP contribution in [0.5, 0.6) is 0 Å². The summed E-state index contributed by atoms with van der Waals surface area (Å²) < 4.78 is 0. The van der Waals surface area contributed by atoms with Crippen LogP contribution in [-0.4, -0.2) is 29.8 Å². The van der Waals surface area contributed by atoms with Crippen molar-refractivity contribution in [2.24, 2.45) is 5.92 Å². The Morgan fingerprint density at radius 3 is 2.61 bits per heavy atom. The number of ketones is 1. The predicted octanol–water partition coefficient (Wildman–Crippen LogP) is 3.30. The number of benzene rings is 1. The Kier molecular flexibility index (Phi) is 4.18. The van der Waals surface area contributed by atoms with Gasteiger partial charge in [-0.05, 0) is 39.2 Å². The van der Waals surface area contributed by atoms with Gasteiger partial charge in [-0.25, -0.2) is 0 Å². The van der Waals surface area contributed by atoms with E-state index in [2.05, 4.69) is 11.8 Å². The summed E-state index contributed by atoms with van der Waals surface area (Å²) in [6.07, 6.45) is 2.51. The molecule has 0 spiro atoms. The van der Waals surface area contributed by atoms with Crippen LogP contribution in [-0.2, 0) is 0 Å². The van der Waals surface area contributed by atoms with Gasteiger partial charge in [-0.3, -0.25) is 9.69 Å². The number of aryl methyl sites for hydroxylation is 1. The SMILES string of the molecule is Cc1ccc(C(=O)C(C)N2CCCC(C)C2)cc1. The topological polar surface area (TPSA) is 20.3 Å². The molecule has 2 atom stereocenters.